The van der Waals surface area contributed by atoms with E-state index in [2.05, 4.69) is 48.6 Å². The predicted molar refractivity (Wildman–Crippen MR) is 230 cm³/mol. The normalized spacial score (nSPS) is 43.2. The van der Waals surface area contributed by atoms with Gasteiger partial charge in [-0.1, -0.05) is 47.6 Å². The summed E-state index contributed by atoms with van der Waals surface area (Å²) < 4.78 is 30.7. The summed E-state index contributed by atoms with van der Waals surface area (Å²) in [6.45, 7) is 13.7. The lowest BCUT2D eigenvalue weighted by atomic mass is 9.49. The molecular weight excluding hydrogens is 843 g/mol. The minimum absolute atomic E-state index is 0.0331. The Bertz CT molecular complexity index is 1670. The molecule has 10 rings (SSSR count). The molecule has 0 N–H and O–H groups in total. The number of rotatable bonds is 5. The Balaban J connectivity index is 0.000000153. The summed E-state index contributed by atoms with van der Waals surface area (Å²) in [6, 6.07) is 0. The van der Waals surface area contributed by atoms with Crippen LogP contribution in [0.15, 0.2) is 23.3 Å². The van der Waals surface area contributed by atoms with Crippen molar-refractivity contribution in [3.63, 3.8) is 0 Å². The van der Waals surface area contributed by atoms with E-state index in [0.717, 1.165) is 100 Å². The second-order valence-electron chi connectivity index (χ2n) is 21.7. The maximum absolute atomic E-state index is 13.3. The molecule has 8 unspecified atom stereocenters. The van der Waals surface area contributed by atoms with E-state index in [4.69, 9.17) is 23.7 Å². The molecule has 0 radical (unpaired) electrons. The van der Waals surface area contributed by atoms with Gasteiger partial charge in [0.1, 0.15) is 11.6 Å². The summed E-state index contributed by atoms with van der Waals surface area (Å²) >= 11 is 2.48. The molecule has 2 saturated heterocycles. The molecule has 58 heavy (non-hydrogen) atoms. The van der Waals surface area contributed by atoms with E-state index < -0.39 is 17.0 Å². The SMILES string of the molecule is C[C@@H]1CC2=CC3(CCC2C2CC[C@]4(CCI)C(=O)CCC4C21)OCCO3.C[C@@H]1CC2=CC3(CCC2C2CC[C@]4(CCOC(=O)C(C)(C)C)C(=O)CCC4C21)OCCO3. The van der Waals surface area contributed by atoms with Crippen LogP contribution >= 0.6 is 22.6 Å². The molecule has 2 spiro atoms. The lowest BCUT2D eigenvalue weighted by molar-refractivity contribution is -0.157. The van der Waals surface area contributed by atoms with Crippen molar-refractivity contribution in [3.8, 4) is 0 Å². The Hall–Kier alpha value is -1.14. The Morgan fingerprint density at radius 2 is 1.14 bits per heavy atom. The average molecular weight is 915 g/mol. The maximum Gasteiger partial charge on any atom is 0.311 e. The first-order chi connectivity index (χ1) is 27.7. The molecule has 12 atom stereocenters. The van der Waals surface area contributed by atoms with Gasteiger partial charge in [0.2, 0.25) is 0 Å². The molecule has 10 aliphatic rings. The number of fused-ring (bicyclic) bond motifs is 10. The van der Waals surface area contributed by atoms with Gasteiger partial charge in [-0.3, -0.25) is 14.4 Å². The third kappa shape index (κ3) is 7.09. The van der Waals surface area contributed by atoms with E-state index in [0.29, 0.717) is 91.6 Å². The van der Waals surface area contributed by atoms with Gasteiger partial charge in [0, 0.05) is 40.9 Å². The van der Waals surface area contributed by atoms with Crippen LogP contribution in [0.4, 0.5) is 0 Å². The molecule has 0 aromatic heterocycles. The molecule has 2 aliphatic heterocycles. The lowest BCUT2D eigenvalue weighted by Crippen LogP contribution is -2.51. The van der Waals surface area contributed by atoms with Gasteiger partial charge in [-0.05, 0) is 169 Å². The molecule has 0 aromatic carbocycles. The van der Waals surface area contributed by atoms with Gasteiger partial charge in [0.15, 0.2) is 11.6 Å². The van der Waals surface area contributed by atoms with Crippen LogP contribution in [0.3, 0.4) is 0 Å². The molecule has 2 heterocycles. The van der Waals surface area contributed by atoms with E-state index in [1.165, 1.54) is 19.3 Å². The number of Topliss-reactive ketones (excluding diaryl/α,β-unsaturated/α-hetero) is 2. The molecule has 322 valence electrons. The molecule has 6 saturated carbocycles. The number of hydrogen-bond acceptors (Lipinski definition) is 8. The Morgan fingerprint density at radius 3 is 1.57 bits per heavy atom. The minimum Gasteiger partial charge on any atom is -0.465 e. The Kier molecular flexibility index (Phi) is 11.6. The van der Waals surface area contributed by atoms with Gasteiger partial charge < -0.3 is 23.7 Å². The first kappa shape index (κ1) is 42.2. The first-order valence-corrected chi connectivity index (χ1v) is 25.1. The van der Waals surface area contributed by atoms with Crippen LogP contribution in [0, 0.1) is 75.4 Å². The summed E-state index contributed by atoms with van der Waals surface area (Å²) in [6.07, 6.45) is 21.3. The number of ketones is 2. The second kappa shape index (κ2) is 15.9. The van der Waals surface area contributed by atoms with Crippen LogP contribution < -0.4 is 0 Å². The van der Waals surface area contributed by atoms with Crippen LogP contribution in [-0.2, 0) is 38.1 Å². The largest absolute Gasteiger partial charge is 0.465 e. The molecular formula is C49H71IO8. The Morgan fingerprint density at radius 1 is 0.690 bits per heavy atom. The lowest BCUT2D eigenvalue weighted by Gasteiger charge is -2.56. The van der Waals surface area contributed by atoms with Crippen LogP contribution in [0.5, 0.6) is 0 Å². The van der Waals surface area contributed by atoms with Crippen molar-refractivity contribution >= 4 is 40.1 Å². The van der Waals surface area contributed by atoms with Crippen molar-refractivity contribution in [2.45, 2.75) is 149 Å². The fourth-order valence-electron chi connectivity index (χ4n) is 15.6. The van der Waals surface area contributed by atoms with Gasteiger partial charge >= 0.3 is 5.97 Å². The van der Waals surface area contributed by atoms with E-state index in [1.54, 1.807) is 11.1 Å². The van der Waals surface area contributed by atoms with E-state index in [9.17, 15) is 14.4 Å². The molecule has 0 amide bonds. The van der Waals surface area contributed by atoms with Crippen molar-refractivity contribution in [1.82, 2.24) is 0 Å². The first-order valence-electron chi connectivity index (χ1n) is 23.5. The summed E-state index contributed by atoms with van der Waals surface area (Å²) in [5.41, 5.74) is 2.41. The second-order valence-corrected chi connectivity index (χ2v) is 22.8. The van der Waals surface area contributed by atoms with Crippen molar-refractivity contribution in [2.24, 2.45) is 75.4 Å². The Labute approximate surface area is 361 Å². The smallest absolute Gasteiger partial charge is 0.311 e. The van der Waals surface area contributed by atoms with Crippen LogP contribution in [0.1, 0.15) is 137 Å². The number of carbonyl (C=O) groups excluding carboxylic acids is 3. The molecule has 9 heteroatoms. The molecule has 8 fully saturated rings. The third-order valence-corrected chi connectivity index (χ3v) is 18.5. The van der Waals surface area contributed by atoms with Crippen molar-refractivity contribution in [2.75, 3.05) is 37.5 Å². The standard InChI is InChI=1S/C27H40O5.C22H31IO3/c1-17-15-18-16-27(31-13-14-32-27)10-8-19(18)20-7-9-26(11-12-30-24(29)25(2,3)4)21(23(17)20)5-6-22(26)28;1-14-12-15-13-22(25-10-11-26-22)7-5-16(15)17-4-6-21(8-9-23)18(20(14)17)2-3-19(21)24/h16-17,19-21,23H,5-15H2,1-4H3;13-14,16-18,20H,2-12H2,1H3/t17-,19?,20?,21?,23?,26-;14-,16?,17?,18?,20?,21-/m11/s1. The zero-order valence-corrected chi connectivity index (χ0v) is 38.3. The maximum atomic E-state index is 13.3. The zero-order valence-electron chi connectivity index (χ0n) is 36.1. The average Bonchev–Trinajstić information content (AvgIpc) is 3.99. The topological polar surface area (TPSA) is 97.4 Å². The van der Waals surface area contributed by atoms with E-state index >= 15 is 0 Å². The third-order valence-electron chi connectivity index (χ3n) is 18.0. The van der Waals surface area contributed by atoms with Gasteiger partial charge in [-0.15, -0.1) is 0 Å². The van der Waals surface area contributed by atoms with Crippen LogP contribution in [0.25, 0.3) is 0 Å². The number of alkyl halides is 1. The molecule has 0 bridgehead atoms. The fraction of sp³-hybridized carbons (Fsp3) is 0.857. The minimum atomic E-state index is -0.500. The number of hydrogen-bond donors (Lipinski definition) is 0. The van der Waals surface area contributed by atoms with Gasteiger partial charge in [0.25, 0.3) is 0 Å². The highest BCUT2D eigenvalue weighted by molar-refractivity contribution is 14.1. The summed E-state index contributed by atoms with van der Waals surface area (Å²) in [4.78, 5) is 38.4. The number of ether oxygens (including phenoxy) is 5. The fourth-order valence-corrected chi connectivity index (χ4v) is 16.6. The number of halogens is 1. The zero-order chi connectivity index (χ0) is 40.7. The van der Waals surface area contributed by atoms with Gasteiger partial charge in [-0.25, -0.2) is 0 Å². The summed E-state index contributed by atoms with van der Waals surface area (Å²) in [5, 5.41) is 0. The number of carbonyl (C=O) groups is 3. The molecule has 8 aliphatic carbocycles. The quantitative estimate of drug-likeness (QED) is 0.116. The van der Waals surface area contributed by atoms with E-state index in [1.807, 2.05) is 20.8 Å². The highest BCUT2D eigenvalue weighted by atomic mass is 127. The summed E-state index contributed by atoms with van der Waals surface area (Å²) in [5.74, 6) is 6.43. The number of allylic oxidation sites excluding steroid dienone is 2. The van der Waals surface area contributed by atoms with E-state index in [-0.39, 0.29) is 16.8 Å². The van der Waals surface area contributed by atoms with Gasteiger partial charge in [-0.2, -0.15) is 0 Å². The van der Waals surface area contributed by atoms with Crippen LogP contribution in [-0.4, -0.2) is 66.6 Å². The predicted octanol–water partition coefficient (Wildman–Crippen LogP) is 10.00. The van der Waals surface area contributed by atoms with Crippen LogP contribution in [0.2, 0.25) is 0 Å². The van der Waals surface area contributed by atoms with Crippen molar-refractivity contribution < 1.29 is 38.1 Å². The monoisotopic (exact) mass is 914 g/mol. The van der Waals surface area contributed by atoms with Crippen molar-refractivity contribution in [1.29, 1.82) is 0 Å². The molecule has 8 nitrogen and oxygen atoms in total. The molecule has 0 aromatic rings. The van der Waals surface area contributed by atoms with Gasteiger partial charge in [0.05, 0.1) is 38.4 Å². The number of esters is 1. The van der Waals surface area contributed by atoms with Crippen molar-refractivity contribution in [3.05, 3.63) is 23.3 Å². The highest BCUT2D eigenvalue weighted by Crippen LogP contribution is 2.65. The highest BCUT2D eigenvalue weighted by Gasteiger charge is 2.62. The summed E-state index contributed by atoms with van der Waals surface area (Å²) in [7, 11) is 0.